The average Bonchev–Trinajstić information content (AvgIpc) is 2.21. The first-order valence-corrected chi connectivity index (χ1v) is 4.89. The summed E-state index contributed by atoms with van der Waals surface area (Å²) in [6.07, 6.45) is 7.92. The Hall–Kier alpha value is -0.890. The third-order valence-corrected chi connectivity index (χ3v) is 2.52. The van der Waals surface area contributed by atoms with Crippen molar-refractivity contribution in [2.45, 2.75) is 26.3 Å². The summed E-state index contributed by atoms with van der Waals surface area (Å²) in [4.78, 5) is 12.8. The van der Waals surface area contributed by atoms with Crippen molar-refractivity contribution in [3.05, 3.63) is 23.8 Å². The molecule has 1 aliphatic rings. The number of rotatable bonds is 4. The van der Waals surface area contributed by atoms with Crippen molar-refractivity contribution in [3.8, 4) is 0 Å². The van der Waals surface area contributed by atoms with Gasteiger partial charge >= 0.3 is 0 Å². The molecule has 2 heteroatoms. The van der Waals surface area contributed by atoms with Crippen molar-refractivity contribution in [3.63, 3.8) is 0 Å². The fourth-order valence-electron chi connectivity index (χ4n) is 1.68. The van der Waals surface area contributed by atoms with Crippen LogP contribution < -0.4 is 0 Å². The molecule has 1 unspecified atom stereocenters. The Morgan fingerprint density at radius 2 is 2.23 bits per heavy atom. The average molecular weight is 179 g/mol. The lowest BCUT2D eigenvalue weighted by Gasteiger charge is -2.27. The molecule has 13 heavy (non-hydrogen) atoms. The molecule has 0 saturated heterocycles. The zero-order valence-corrected chi connectivity index (χ0v) is 8.36. The van der Waals surface area contributed by atoms with E-state index in [1.807, 2.05) is 12.2 Å². The van der Waals surface area contributed by atoms with Gasteiger partial charge in [-0.25, -0.2) is 0 Å². The SMILES string of the molecule is CCN(CC)C1C=CC(C=O)=CC1. The molecule has 0 bridgehead atoms. The molecule has 1 aliphatic carbocycles. The van der Waals surface area contributed by atoms with Gasteiger partial charge in [0.05, 0.1) is 0 Å². The van der Waals surface area contributed by atoms with Crippen LogP contribution in [0.5, 0.6) is 0 Å². The van der Waals surface area contributed by atoms with E-state index in [1.165, 1.54) is 0 Å². The molecular formula is C11H17NO. The lowest BCUT2D eigenvalue weighted by molar-refractivity contribution is -0.104. The normalized spacial score (nSPS) is 21.8. The summed E-state index contributed by atoms with van der Waals surface area (Å²) in [6, 6.07) is 0.485. The van der Waals surface area contributed by atoms with E-state index < -0.39 is 0 Å². The van der Waals surface area contributed by atoms with E-state index in [4.69, 9.17) is 0 Å². The first-order chi connectivity index (χ1) is 6.31. The van der Waals surface area contributed by atoms with Crippen molar-refractivity contribution in [1.29, 1.82) is 0 Å². The molecule has 0 fully saturated rings. The maximum absolute atomic E-state index is 10.4. The van der Waals surface area contributed by atoms with Crippen molar-refractivity contribution >= 4 is 6.29 Å². The van der Waals surface area contributed by atoms with E-state index >= 15 is 0 Å². The molecule has 0 spiro atoms. The summed E-state index contributed by atoms with van der Waals surface area (Å²) < 4.78 is 0. The lowest BCUT2D eigenvalue weighted by Crippen LogP contribution is -2.34. The minimum Gasteiger partial charge on any atom is -0.298 e. The highest BCUT2D eigenvalue weighted by atomic mass is 16.1. The summed E-state index contributed by atoms with van der Waals surface area (Å²) in [7, 11) is 0. The van der Waals surface area contributed by atoms with Gasteiger partial charge < -0.3 is 0 Å². The third-order valence-electron chi connectivity index (χ3n) is 2.52. The lowest BCUT2D eigenvalue weighted by atomic mass is 10.0. The topological polar surface area (TPSA) is 20.3 Å². The molecule has 0 aliphatic heterocycles. The fourth-order valence-corrected chi connectivity index (χ4v) is 1.68. The molecule has 0 saturated carbocycles. The Morgan fingerprint density at radius 1 is 1.54 bits per heavy atom. The van der Waals surface area contributed by atoms with Crippen LogP contribution in [0.2, 0.25) is 0 Å². The molecular weight excluding hydrogens is 162 g/mol. The first kappa shape index (κ1) is 10.2. The van der Waals surface area contributed by atoms with Crippen LogP contribution in [0.1, 0.15) is 20.3 Å². The predicted octanol–water partition coefficient (Wildman–Crippen LogP) is 1.78. The van der Waals surface area contributed by atoms with Gasteiger partial charge in [-0.1, -0.05) is 32.1 Å². The van der Waals surface area contributed by atoms with Crippen LogP contribution in [0.15, 0.2) is 23.8 Å². The van der Waals surface area contributed by atoms with Crippen LogP contribution in [-0.4, -0.2) is 30.3 Å². The molecule has 0 heterocycles. The molecule has 0 radical (unpaired) electrons. The number of carbonyl (C=O) groups is 1. The maximum atomic E-state index is 10.4. The summed E-state index contributed by atoms with van der Waals surface area (Å²) in [5, 5.41) is 0. The Balaban J connectivity index is 2.55. The number of hydrogen-bond donors (Lipinski definition) is 0. The van der Waals surface area contributed by atoms with Gasteiger partial charge in [0.25, 0.3) is 0 Å². The summed E-state index contributed by atoms with van der Waals surface area (Å²) >= 11 is 0. The van der Waals surface area contributed by atoms with Crippen LogP contribution in [0.3, 0.4) is 0 Å². The Labute approximate surface area is 79.9 Å². The van der Waals surface area contributed by atoms with Gasteiger partial charge in [-0.2, -0.15) is 0 Å². The molecule has 0 aromatic rings. The zero-order valence-electron chi connectivity index (χ0n) is 8.36. The standard InChI is InChI=1S/C11H17NO/c1-3-12(4-2)11-7-5-10(9-13)6-8-11/h5-7,9,11H,3-4,8H2,1-2H3. The van der Waals surface area contributed by atoms with E-state index in [2.05, 4.69) is 24.8 Å². The minimum absolute atomic E-state index is 0.485. The van der Waals surface area contributed by atoms with Crippen molar-refractivity contribution in [1.82, 2.24) is 4.90 Å². The van der Waals surface area contributed by atoms with Crippen LogP contribution >= 0.6 is 0 Å². The minimum atomic E-state index is 0.485. The van der Waals surface area contributed by atoms with Crippen molar-refractivity contribution in [2.24, 2.45) is 0 Å². The highest BCUT2D eigenvalue weighted by Crippen LogP contribution is 2.14. The monoisotopic (exact) mass is 179 g/mol. The predicted molar refractivity (Wildman–Crippen MR) is 54.6 cm³/mol. The number of aldehydes is 1. The summed E-state index contributed by atoms with van der Waals surface area (Å²) in [6.45, 7) is 6.46. The Bertz CT molecular complexity index is 226. The van der Waals surface area contributed by atoms with E-state index in [0.29, 0.717) is 6.04 Å². The fraction of sp³-hybridized carbons (Fsp3) is 0.545. The van der Waals surface area contributed by atoms with Crippen molar-refractivity contribution in [2.75, 3.05) is 13.1 Å². The van der Waals surface area contributed by atoms with E-state index in [-0.39, 0.29) is 0 Å². The number of hydrogen-bond acceptors (Lipinski definition) is 2. The van der Waals surface area contributed by atoms with Crippen LogP contribution in [-0.2, 0) is 4.79 Å². The first-order valence-electron chi connectivity index (χ1n) is 4.89. The van der Waals surface area contributed by atoms with Crippen LogP contribution in [0.25, 0.3) is 0 Å². The zero-order chi connectivity index (χ0) is 9.68. The van der Waals surface area contributed by atoms with Gasteiger partial charge in [-0.3, -0.25) is 9.69 Å². The smallest absolute Gasteiger partial charge is 0.149 e. The molecule has 1 rings (SSSR count). The second kappa shape index (κ2) is 4.97. The Kier molecular flexibility index (Phi) is 3.90. The van der Waals surface area contributed by atoms with Crippen LogP contribution in [0.4, 0.5) is 0 Å². The number of likely N-dealkylation sites (N-methyl/N-ethyl adjacent to an activating group) is 1. The largest absolute Gasteiger partial charge is 0.298 e. The van der Waals surface area contributed by atoms with Gasteiger partial charge in [0.15, 0.2) is 0 Å². The molecule has 0 aromatic heterocycles. The second-order valence-corrected chi connectivity index (χ2v) is 3.21. The van der Waals surface area contributed by atoms with E-state index in [1.54, 1.807) is 0 Å². The molecule has 72 valence electrons. The van der Waals surface area contributed by atoms with Gasteiger partial charge in [0.1, 0.15) is 6.29 Å². The molecule has 0 aromatic carbocycles. The molecule has 2 nitrogen and oxygen atoms in total. The van der Waals surface area contributed by atoms with Gasteiger partial charge in [-0.05, 0) is 19.5 Å². The van der Waals surface area contributed by atoms with Crippen LogP contribution in [0, 0.1) is 0 Å². The van der Waals surface area contributed by atoms with Crippen molar-refractivity contribution < 1.29 is 4.79 Å². The molecule has 0 amide bonds. The van der Waals surface area contributed by atoms with Gasteiger partial charge in [-0.15, -0.1) is 0 Å². The second-order valence-electron chi connectivity index (χ2n) is 3.21. The van der Waals surface area contributed by atoms with Gasteiger partial charge in [0, 0.05) is 11.6 Å². The Morgan fingerprint density at radius 3 is 2.62 bits per heavy atom. The third kappa shape index (κ3) is 2.52. The summed E-state index contributed by atoms with van der Waals surface area (Å²) in [5.41, 5.74) is 0.809. The van der Waals surface area contributed by atoms with E-state index in [9.17, 15) is 4.79 Å². The number of allylic oxidation sites excluding steroid dienone is 2. The van der Waals surface area contributed by atoms with Gasteiger partial charge in [0.2, 0.25) is 0 Å². The summed E-state index contributed by atoms with van der Waals surface area (Å²) in [5.74, 6) is 0. The maximum Gasteiger partial charge on any atom is 0.149 e. The number of carbonyl (C=O) groups excluding carboxylic acids is 1. The van der Waals surface area contributed by atoms with E-state index in [0.717, 1.165) is 31.4 Å². The molecule has 0 N–H and O–H groups in total. The molecule has 1 atom stereocenters. The highest BCUT2D eigenvalue weighted by molar-refractivity contribution is 5.77. The number of nitrogens with zero attached hydrogens (tertiary/aromatic N) is 1. The highest BCUT2D eigenvalue weighted by Gasteiger charge is 2.13. The quantitative estimate of drug-likeness (QED) is 0.613.